The first-order valence-corrected chi connectivity index (χ1v) is 6.31. The van der Waals surface area contributed by atoms with E-state index in [1.165, 1.54) is 14.2 Å². The Bertz CT molecular complexity index is 535. The van der Waals surface area contributed by atoms with Gasteiger partial charge in [0.2, 0.25) is 0 Å². The van der Waals surface area contributed by atoms with Crippen LogP contribution in [-0.2, 0) is 9.59 Å². The van der Waals surface area contributed by atoms with Crippen LogP contribution < -0.4 is 14.2 Å². The molecule has 0 fully saturated rings. The predicted octanol–water partition coefficient (Wildman–Crippen LogP) is 2.42. The van der Waals surface area contributed by atoms with Gasteiger partial charge in [0.1, 0.15) is 5.75 Å². The van der Waals surface area contributed by atoms with Crippen LogP contribution in [0.2, 0.25) is 0 Å². The number of esters is 1. The molecule has 6 heteroatoms. The van der Waals surface area contributed by atoms with Crippen molar-refractivity contribution in [2.75, 3.05) is 14.2 Å². The lowest BCUT2D eigenvalue weighted by Gasteiger charge is -2.10. The molecule has 0 radical (unpaired) electrons. The lowest BCUT2D eigenvalue weighted by Crippen LogP contribution is -2.09. The molecule has 1 aromatic carbocycles. The maximum absolute atomic E-state index is 11.7. The predicted molar refractivity (Wildman–Crippen MR) is 75.8 cm³/mol. The van der Waals surface area contributed by atoms with Gasteiger partial charge in [-0.15, -0.1) is 0 Å². The molecule has 0 aliphatic rings. The Kier molecular flexibility index (Phi) is 6.26. The van der Waals surface area contributed by atoms with Gasteiger partial charge in [0.05, 0.1) is 14.2 Å². The molecule has 0 heterocycles. The first-order chi connectivity index (χ1) is 9.97. The van der Waals surface area contributed by atoms with Crippen molar-refractivity contribution >= 4 is 11.9 Å². The monoisotopic (exact) mass is 294 g/mol. The van der Waals surface area contributed by atoms with E-state index in [0.29, 0.717) is 23.7 Å². The number of rotatable bonds is 8. The van der Waals surface area contributed by atoms with Crippen molar-refractivity contribution in [3.8, 4) is 17.2 Å². The van der Waals surface area contributed by atoms with Crippen molar-refractivity contribution in [2.45, 2.75) is 19.3 Å². The smallest absolute Gasteiger partial charge is 0.330 e. The Labute approximate surface area is 122 Å². The number of methoxy groups -OCH3 is 2. The molecule has 1 N–H and O–H groups in total. The molecule has 0 bridgehead atoms. The average molecular weight is 294 g/mol. The number of carboxylic acids is 1. The zero-order valence-corrected chi connectivity index (χ0v) is 12.0. The molecule has 1 aromatic rings. The van der Waals surface area contributed by atoms with Crippen LogP contribution in [-0.4, -0.2) is 31.3 Å². The lowest BCUT2D eigenvalue weighted by atomic mass is 10.1. The van der Waals surface area contributed by atoms with Crippen LogP contribution >= 0.6 is 0 Å². The van der Waals surface area contributed by atoms with E-state index in [9.17, 15) is 9.59 Å². The summed E-state index contributed by atoms with van der Waals surface area (Å²) in [5.41, 5.74) is 0.0739. The first-order valence-electron chi connectivity index (χ1n) is 6.31. The van der Waals surface area contributed by atoms with Gasteiger partial charge in [-0.3, -0.25) is 4.79 Å². The number of benzene rings is 1. The summed E-state index contributed by atoms with van der Waals surface area (Å²) in [6, 6.07) is 4.83. The zero-order valence-electron chi connectivity index (χ0n) is 12.0. The summed E-state index contributed by atoms with van der Waals surface area (Å²) in [6.45, 7) is 3.40. The molecule has 0 saturated carbocycles. The van der Waals surface area contributed by atoms with E-state index in [4.69, 9.17) is 19.3 Å². The highest BCUT2D eigenvalue weighted by molar-refractivity contribution is 5.85. The third kappa shape index (κ3) is 5.18. The third-order valence-electron chi connectivity index (χ3n) is 2.76. The maximum atomic E-state index is 11.7. The SMILES string of the molecule is C=C(CCCC(=O)Oc1ccc(OC)cc1OC)C(=O)O. The quantitative estimate of drug-likeness (QED) is 0.450. The molecule has 0 spiro atoms. The Morgan fingerprint density at radius 3 is 2.43 bits per heavy atom. The summed E-state index contributed by atoms with van der Waals surface area (Å²) in [4.78, 5) is 22.3. The molecule has 0 atom stereocenters. The van der Waals surface area contributed by atoms with E-state index in [0.717, 1.165) is 0 Å². The molecule has 21 heavy (non-hydrogen) atoms. The van der Waals surface area contributed by atoms with Crippen molar-refractivity contribution in [1.29, 1.82) is 0 Å². The van der Waals surface area contributed by atoms with E-state index in [1.807, 2.05) is 0 Å². The molecule has 114 valence electrons. The lowest BCUT2D eigenvalue weighted by molar-refractivity contribution is -0.135. The number of carboxylic acid groups (broad SMARTS) is 1. The topological polar surface area (TPSA) is 82.1 Å². The Hall–Kier alpha value is -2.50. The third-order valence-corrected chi connectivity index (χ3v) is 2.76. The minimum Gasteiger partial charge on any atom is -0.497 e. The van der Waals surface area contributed by atoms with Crippen molar-refractivity contribution in [2.24, 2.45) is 0 Å². The summed E-state index contributed by atoms with van der Waals surface area (Å²) in [5, 5.41) is 8.66. The Balaban J connectivity index is 2.55. The molecule has 0 aliphatic carbocycles. The van der Waals surface area contributed by atoms with Crippen LogP contribution in [0.4, 0.5) is 0 Å². The Morgan fingerprint density at radius 2 is 1.86 bits per heavy atom. The highest BCUT2D eigenvalue weighted by Gasteiger charge is 2.12. The molecule has 1 rings (SSSR count). The van der Waals surface area contributed by atoms with Gasteiger partial charge < -0.3 is 19.3 Å². The molecule has 0 aliphatic heterocycles. The van der Waals surface area contributed by atoms with E-state index < -0.39 is 11.9 Å². The summed E-state index contributed by atoms with van der Waals surface area (Å²) in [5.74, 6) is -0.251. The summed E-state index contributed by atoms with van der Waals surface area (Å²) in [6.07, 6.45) is 0.702. The second-order valence-corrected chi connectivity index (χ2v) is 4.25. The number of hydrogen-bond acceptors (Lipinski definition) is 5. The van der Waals surface area contributed by atoms with Gasteiger partial charge in [0.25, 0.3) is 0 Å². The van der Waals surface area contributed by atoms with E-state index in [1.54, 1.807) is 18.2 Å². The summed E-state index contributed by atoms with van der Waals surface area (Å²) < 4.78 is 15.3. The molecule has 0 unspecified atom stereocenters. The molecule has 0 aromatic heterocycles. The van der Waals surface area contributed by atoms with Crippen LogP contribution in [0.3, 0.4) is 0 Å². The fourth-order valence-corrected chi connectivity index (χ4v) is 1.59. The second-order valence-electron chi connectivity index (χ2n) is 4.25. The largest absolute Gasteiger partial charge is 0.497 e. The normalized spacial score (nSPS) is 9.81. The van der Waals surface area contributed by atoms with Gasteiger partial charge >= 0.3 is 11.9 Å². The summed E-state index contributed by atoms with van der Waals surface area (Å²) in [7, 11) is 2.98. The molecular formula is C15H18O6. The van der Waals surface area contributed by atoms with E-state index in [2.05, 4.69) is 6.58 Å². The van der Waals surface area contributed by atoms with Gasteiger partial charge in [0.15, 0.2) is 11.5 Å². The van der Waals surface area contributed by atoms with Crippen LogP contribution in [0.15, 0.2) is 30.4 Å². The second kappa shape index (κ2) is 7.94. The van der Waals surface area contributed by atoms with Crippen LogP contribution in [0, 0.1) is 0 Å². The highest BCUT2D eigenvalue weighted by Crippen LogP contribution is 2.31. The van der Waals surface area contributed by atoms with Gasteiger partial charge in [-0.2, -0.15) is 0 Å². The zero-order chi connectivity index (χ0) is 15.8. The van der Waals surface area contributed by atoms with Crippen LogP contribution in [0.5, 0.6) is 17.2 Å². The number of carbonyl (C=O) groups is 2. The van der Waals surface area contributed by atoms with Gasteiger partial charge in [0, 0.05) is 18.1 Å². The minimum absolute atomic E-state index is 0.0739. The van der Waals surface area contributed by atoms with Crippen molar-refractivity contribution in [3.05, 3.63) is 30.4 Å². The van der Waals surface area contributed by atoms with Gasteiger partial charge in [-0.1, -0.05) is 6.58 Å². The molecule has 0 amide bonds. The average Bonchev–Trinajstić information content (AvgIpc) is 2.47. The highest BCUT2D eigenvalue weighted by atomic mass is 16.6. The van der Waals surface area contributed by atoms with Crippen molar-refractivity contribution in [3.63, 3.8) is 0 Å². The minimum atomic E-state index is -1.06. The fraction of sp³-hybridized carbons (Fsp3) is 0.333. The standard InChI is InChI=1S/C15H18O6/c1-10(15(17)18)5-4-6-14(16)21-12-8-7-11(19-2)9-13(12)20-3/h7-9H,1,4-6H2,2-3H3,(H,17,18). The number of hydrogen-bond donors (Lipinski definition) is 1. The maximum Gasteiger partial charge on any atom is 0.330 e. The molecule has 6 nitrogen and oxygen atoms in total. The number of aliphatic carboxylic acids is 1. The number of ether oxygens (including phenoxy) is 3. The Morgan fingerprint density at radius 1 is 1.14 bits per heavy atom. The van der Waals surface area contributed by atoms with Gasteiger partial charge in [-0.05, 0) is 25.0 Å². The first kappa shape index (κ1) is 16.6. The summed E-state index contributed by atoms with van der Waals surface area (Å²) >= 11 is 0. The van der Waals surface area contributed by atoms with Crippen LogP contribution in [0.25, 0.3) is 0 Å². The molecular weight excluding hydrogens is 276 g/mol. The van der Waals surface area contributed by atoms with Crippen molar-refractivity contribution in [1.82, 2.24) is 0 Å². The van der Waals surface area contributed by atoms with E-state index >= 15 is 0 Å². The number of carbonyl (C=O) groups excluding carboxylic acids is 1. The van der Waals surface area contributed by atoms with E-state index in [-0.39, 0.29) is 18.4 Å². The fourth-order valence-electron chi connectivity index (χ4n) is 1.59. The van der Waals surface area contributed by atoms with Gasteiger partial charge in [-0.25, -0.2) is 4.79 Å². The van der Waals surface area contributed by atoms with Crippen LogP contribution in [0.1, 0.15) is 19.3 Å². The van der Waals surface area contributed by atoms with Crippen molar-refractivity contribution < 1.29 is 28.9 Å². The molecule has 0 saturated heterocycles.